The van der Waals surface area contributed by atoms with Crippen LogP contribution in [0.2, 0.25) is 5.15 Å². The Morgan fingerprint density at radius 2 is 2.12 bits per heavy atom. The van der Waals surface area contributed by atoms with Crippen molar-refractivity contribution in [3.63, 3.8) is 0 Å². The molecule has 0 fully saturated rings. The summed E-state index contributed by atoms with van der Waals surface area (Å²) < 4.78 is 0. The van der Waals surface area contributed by atoms with E-state index in [0.717, 1.165) is 0 Å². The van der Waals surface area contributed by atoms with Crippen molar-refractivity contribution in [1.29, 1.82) is 0 Å². The fraction of sp³-hybridized carbons (Fsp3) is 0.455. The predicted octanol–water partition coefficient (Wildman–Crippen LogP) is 1.23. The highest BCUT2D eigenvalue weighted by Crippen LogP contribution is 2.19. The molecule has 17 heavy (non-hydrogen) atoms. The maximum atomic E-state index is 11.6. The van der Waals surface area contributed by atoms with Crippen LogP contribution in [0.3, 0.4) is 0 Å². The van der Waals surface area contributed by atoms with Crippen LogP contribution in [0, 0.1) is 0 Å². The number of halogens is 1. The van der Waals surface area contributed by atoms with Gasteiger partial charge in [-0.25, -0.2) is 4.98 Å². The van der Waals surface area contributed by atoms with Crippen LogP contribution in [0.1, 0.15) is 6.92 Å². The van der Waals surface area contributed by atoms with Crippen molar-refractivity contribution in [2.24, 2.45) is 0 Å². The number of nitrogens with two attached hydrogens (primary N) is 1. The van der Waals surface area contributed by atoms with E-state index < -0.39 is 0 Å². The normalized spacial score (nSPS) is 10.1. The molecule has 1 heterocycles. The van der Waals surface area contributed by atoms with Crippen LogP contribution in [0.4, 0.5) is 11.5 Å². The standard InChI is InChI=1S/C11H17ClN4O/c1-4-16(7-11(17)15(2)3)10-6-8(13)5-9(12)14-10/h5-6H,4,7H2,1-3H3,(H2,13,14). The molecule has 1 aromatic heterocycles. The summed E-state index contributed by atoms with van der Waals surface area (Å²) in [5.41, 5.74) is 6.23. The lowest BCUT2D eigenvalue weighted by Gasteiger charge is -2.23. The Morgan fingerprint density at radius 1 is 1.47 bits per heavy atom. The summed E-state index contributed by atoms with van der Waals surface area (Å²) in [7, 11) is 3.44. The highest BCUT2D eigenvalue weighted by atomic mass is 35.5. The van der Waals surface area contributed by atoms with E-state index in [4.69, 9.17) is 17.3 Å². The lowest BCUT2D eigenvalue weighted by molar-refractivity contribution is -0.127. The fourth-order valence-electron chi connectivity index (χ4n) is 1.32. The number of pyridine rings is 1. The van der Waals surface area contributed by atoms with Crippen LogP contribution in [-0.2, 0) is 4.79 Å². The quantitative estimate of drug-likeness (QED) is 0.823. The van der Waals surface area contributed by atoms with Crippen molar-refractivity contribution < 1.29 is 4.79 Å². The van der Waals surface area contributed by atoms with Crippen LogP contribution in [0.25, 0.3) is 0 Å². The number of carbonyl (C=O) groups is 1. The number of nitrogens with zero attached hydrogens (tertiary/aromatic N) is 3. The van der Waals surface area contributed by atoms with Gasteiger partial charge in [0.15, 0.2) is 0 Å². The number of carbonyl (C=O) groups excluding carboxylic acids is 1. The largest absolute Gasteiger partial charge is 0.399 e. The molecule has 0 radical (unpaired) electrons. The van der Waals surface area contributed by atoms with E-state index in [-0.39, 0.29) is 12.5 Å². The number of hydrogen-bond acceptors (Lipinski definition) is 4. The van der Waals surface area contributed by atoms with Gasteiger partial charge < -0.3 is 15.5 Å². The Morgan fingerprint density at radius 3 is 2.59 bits per heavy atom. The minimum Gasteiger partial charge on any atom is -0.399 e. The van der Waals surface area contributed by atoms with E-state index in [9.17, 15) is 4.79 Å². The molecule has 2 N–H and O–H groups in total. The van der Waals surface area contributed by atoms with Gasteiger partial charge in [0.05, 0.1) is 6.54 Å². The molecule has 0 atom stereocenters. The molecule has 0 spiro atoms. The maximum absolute atomic E-state index is 11.6. The third kappa shape index (κ3) is 3.78. The summed E-state index contributed by atoms with van der Waals surface area (Å²) in [6.07, 6.45) is 0. The van der Waals surface area contributed by atoms with Crippen LogP contribution in [0.15, 0.2) is 12.1 Å². The van der Waals surface area contributed by atoms with Gasteiger partial charge in [0, 0.05) is 32.4 Å². The van der Waals surface area contributed by atoms with Crippen LogP contribution >= 0.6 is 11.6 Å². The van der Waals surface area contributed by atoms with E-state index in [0.29, 0.717) is 23.2 Å². The van der Waals surface area contributed by atoms with Gasteiger partial charge in [-0.15, -0.1) is 0 Å². The highest BCUT2D eigenvalue weighted by molar-refractivity contribution is 6.29. The molecule has 0 bridgehead atoms. The molecule has 1 rings (SSSR count). The summed E-state index contributed by atoms with van der Waals surface area (Å²) in [6, 6.07) is 3.28. The zero-order valence-corrected chi connectivity index (χ0v) is 11.0. The topological polar surface area (TPSA) is 62.5 Å². The second-order valence-electron chi connectivity index (χ2n) is 3.88. The van der Waals surface area contributed by atoms with Crippen molar-refractivity contribution in [2.75, 3.05) is 37.8 Å². The first-order valence-corrected chi connectivity index (χ1v) is 5.70. The zero-order chi connectivity index (χ0) is 13.0. The molecule has 1 aromatic rings. The van der Waals surface area contributed by atoms with Gasteiger partial charge in [-0.3, -0.25) is 4.79 Å². The molecule has 0 aromatic carbocycles. The van der Waals surface area contributed by atoms with Crippen molar-refractivity contribution in [3.05, 3.63) is 17.3 Å². The number of likely N-dealkylation sites (N-methyl/N-ethyl adjacent to an activating group) is 2. The van der Waals surface area contributed by atoms with E-state index in [1.165, 1.54) is 4.90 Å². The molecule has 0 aliphatic heterocycles. The third-order valence-corrected chi connectivity index (χ3v) is 2.53. The van der Waals surface area contributed by atoms with Gasteiger partial charge in [-0.2, -0.15) is 0 Å². The van der Waals surface area contributed by atoms with Crippen LogP contribution in [0.5, 0.6) is 0 Å². The summed E-state index contributed by atoms with van der Waals surface area (Å²) in [4.78, 5) is 19.2. The van der Waals surface area contributed by atoms with Gasteiger partial charge in [0.25, 0.3) is 0 Å². The minimum atomic E-state index is 0.00666. The molecule has 0 aliphatic carbocycles. The SMILES string of the molecule is CCN(CC(=O)N(C)C)c1cc(N)cc(Cl)n1. The Bertz CT molecular complexity index is 388. The van der Waals surface area contributed by atoms with Crippen molar-refractivity contribution in [2.45, 2.75) is 6.92 Å². The first-order chi connectivity index (χ1) is 7.93. The molecule has 0 unspecified atom stereocenters. The molecular weight excluding hydrogens is 240 g/mol. The Hall–Kier alpha value is -1.49. The Kier molecular flexibility index (Phi) is 4.57. The van der Waals surface area contributed by atoms with Crippen LogP contribution < -0.4 is 10.6 Å². The first-order valence-electron chi connectivity index (χ1n) is 5.32. The molecular formula is C11H17ClN4O. The summed E-state index contributed by atoms with van der Waals surface area (Å²) in [5, 5.41) is 0.329. The summed E-state index contributed by atoms with van der Waals surface area (Å²) in [6.45, 7) is 2.87. The van der Waals surface area contributed by atoms with E-state index in [1.54, 1.807) is 26.2 Å². The number of anilines is 2. The molecule has 0 aliphatic rings. The molecule has 0 saturated carbocycles. The van der Waals surface area contributed by atoms with Crippen molar-refractivity contribution >= 4 is 29.0 Å². The third-order valence-electron chi connectivity index (χ3n) is 2.33. The number of hydrogen-bond donors (Lipinski definition) is 1. The number of nitrogen functional groups attached to an aromatic ring is 1. The van der Waals surface area contributed by atoms with Gasteiger partial charge in [0.2, 0.25) is 5.91 Å². The average Bonchev–Trinajstić information content (AvgIpc) is 2.23. The monoisotopic (exact) mass is 256 g/mol. The second-order valence-corrected chi connectivity index (χ2v) is 4.27. The molecule has 94 valence electrons. The number of aromatic nitrogens is 1. The number of amides is 1. The summed E-state index contributed by atoms with van der Waals surface area (Å²) in [5.74, 6) is 0.625. The van der Waals surface area contributed by atoms with E-state index in [2.05, 4.69) is 4.98 Å². The first kappa shape index (κ1) is 13.6. The minimum absolute atomic E-state index is 0.00666. The van der Waals surface area contributed by atoms with Gasteiger partial charge in [-0.1, -0.05) is 11.6 Å². The Labute approximate surface area is 106 Å². The van der Waals surface area contributed by atoms with Gasteiger partial charge in [0.1, 0.15) is 11.0 Å². The second kappa shape index (κ2) is 5.72. The van der Waals surface area contributed by atoms with Crippen molar-refractivity contribution in [3.8, 4) is 0 Å². The molecule has 5 nitrogen and oxygen atoms in total. The van der Waals surface area contributed by atoms with Crippen molar-refractivity contribution in [1.82, 2.24) is 9.88 Å². The average molecular weight is 257 g/mol. The Balaban J connectivity index is 2.89. The van der Waals surface area contributed by atoms with Crippen LogP contribution in [-0.4, -0.2) is 43.0 Å². The summed E-state index contributed by atoms with van der Waals surface area (Å²) >= 11 is 5.84. The molecule has 6 heteroatoms. The number of rotatable bonds is 4. The highest BCUT2D eigenvalue weighted by Gasteiger charge is 2.13. The lowest BCUT2D eigenvalue weighted by Crippen LogP contribution is -2.37. The maximum Gasteiger partial charge on any atom is 0.241 e. The predicted molar refractivity (Wildman–Crippen MR) is 70.2 cm³/mol. The molecule has 0 saturated heterocycles. The fourth-order valence-corrected chi connectivity index (χ4v) is 1.54. The zero-order valence-electron chi connectivity index (χ0n) is 10.3. The molecule has 1 amide bonds. The lowest BCUT2D eigenvalue weighted by atomic mass is 10.3. The van der Waals surface area contributed by atoms with Gasteiger partial charge in [-0.05, 0) is 13.0 Å². The van der Waals surface area contributed by atoms with Gasteiger partial charge >= 0.3 is 0 Å². The van der Waals surface area contributed by atoms with E-state index >= 15 is 0 Å². The van der Waals surface area contributed by atoms with E-state index in [1.807, 2.05) is 11.8 Å². The smallest absolute Gasteiger partial charge is 0.241 e.